The van der Waals surface area contributed by atoms with Crippen molar-refractivity contribution in [3.05, 3.63) is 46.9 Å². The molecule has 1 heterocycles. The van der Waals surface area contributed by atoms with Gasteiger partial charge < -0.3 is 10.5 Å². The molecule has 0 radical (unpaired) electrons. The normalized spacial score (nSPS) is 10.8. The van der Waals surface area contributed by atoms with Gasteiger partial charge in [-0.25, -0.2) is 17.9 Å². The first kappa shape index (κ1) is 21.3. The number of aromatic nitrogens is 2. The summed E-state index contributed by atoms with van der Waals surface area (Å²) in [6, 6.07) is 3.06. The highest BCUT2D eigenvalue weighted by Gasteiger charge is 2.13. The van der Waals surface area contributed by atoms with Crippen molar-refractivity contribution in [2.45, 2.75) is 39.8 Å². The van der Waals surface area contributed by atoms with Gasteiger partial charge in [0, 0.05) is 30.7 Å². The van der Waals surface area contributed by atoms with Crippen molar-refractivity contribution in [3.8, 4) is 5.88 Å². The summed E-state index contributed by atoms with van der Waals surface area (Å²) in [5.74, 6) is -2.22. The van der Waals surface area contributed by atoms with Crippen molar-refractivity contribution in [2.75, 3.05) is 6.54 Å². The van der Waals surface area contributed by atoms with Crippen LogP contribution in [-0.2, 0) is 19.6 Å². The van der Waals surface area contributed by atoms with Crippen LogP contribution in [0.2, 0.25) is 0 Å². The predicted octanol–water partition coefficient (Wildman–Crippen LogP) is 3.85. The molecule has 140 valence electrons. The van der Waals surface area contributed by atoms with Crippen molar-refractivity contribution in [2.24, 2.45) is 11.7 Å². The van der Waals surface area contributed by atoms with Gasteiger partial charge in [-0.2, -0.15) is 5.10 Å². The van der Waals surface area contributed by atoms with Gasteiger partial charge in [0.05, 0.1) is 5.69 Å². The highest BCUT2D eigenvalue weighted by molar-refractivity contribution is 5.85. The molecule has 2 aromatic rings. The van der Waals surface area contributed by atoms with Crippen molar-refractivity contribution in [3.63, 3.8) is 0 Å². The molecule has 0 saturated carbocycles. The van der Waals surface area contributed by atoms with Crippen LogP contribution in [-0.4, -0.2) is 16.3 Å². The molecular weight excluding hydrogens is 355 g/mol. The molecular formula is C17H23ClF3N3O. The number of rotatable bonds is 8. The fourth-order valence-corrected chi connectivity index (χ4v) is 2.20. The number of aryl methyl sites for hydroxylation is 1. The van der Waals surface area contributed by atoms with Crippen LogP contribution in [0, 0.1) is 23.4 Å². The van der Waals surface area contributed by atoms with E-state index in [0.29, 0.717) is 37.4 Å². The summed E-state index contributed by atoms with van der Waals surface area (Å²) in [5.41, 5.74) is 6.27. The Hall–Kier alpha value is -1.73. The Kier molecular flexibility index (Phi) is 8.25. The summed E-state index contributed by atoms with van der Waals surface area (Å²) in [4.78, 5) is 0. The number of nitrogens with zero attached hydrogens (tertiary/aromatic N) is 2. The first-order valence-electron chi connectivity index (χ1n) is 7.93. The maximum atomic E-state index is 13.7. The lowest BCUT2D eigenvalue weighted by molar-refractivity contribution is 0.263. The summed E-state index contributed by atoms with van der Waals surface area (Å²) in [6.45, 7) is 5.09. The van der Waals surface area contributed by atoms with Crippen LogP contribution in [0.5, 0.6) is 5.88 Å². The average Bonchev–Trinajstić information content (AvgIpc) is 2.90. The second-order valence-corrected chi connectivity index (χ2v) is 6.06. The maximum Gasteiger partial charge on any atom is 0.212 e. The lowest BCUT2D eigenvalue weighted by Gasteiger charge is -2.11. The van der Waals surface area contributed by atoms with Gasteiger partial charge in [0.15, 0.2) is 11.6 Å². The molecule has 0 aliphatic heterocycles. The minimum Gasteiger partial charge on any atom is -0.473 e. The molecule has 0 aliphatic carbocycles. The largest absolute Gasteiger partial charge is 0.473 e. The number of halogens is 4. The van der Waals surface area contributed by atoms with Gasteiger partial charge in [-0.15, -0.1) is 12.4 Å². The summed E-state index contributed by atoms with van der Waals surface area (Å²) >= 11 is 0. The van der Waals surface area contributed by atoms with Crippen LogP contribution in [0.15, 0.2) is 18.2 Å². The molecule has 0 unspecified atom stereocenters. The van der Waals surface area contributed by atoms with E-state index in [4.69, 9.17) is 10.5 Å². The van der Waals surface area contributed by atoms with Crippen molar-refractivity contribution in [1.82, 2.24) is 9.78 Å². The predicted molar refractivity (Wildman–Crippen MR) is 92.3 cm³/mol. The van der Waals surface area contributed by atoms with E-state index in [9.17, 15) is 13.2 Å². The molecule has 2 rings (SSSR count). The maximum absolute atomic E-state index is 13.7. The van der Waals surface area contributed by atoms with Gasteiger partial charge in [0.2, 0.25) is 5.88 Å². The molecule has 1 aromatic carbocycles. The topological polar surface area (TPSA) is 53.1 Å². The van der Waals surface area contributed by atoms with Crippen molar-refractivity contribution in [1.29, 1.82) is 0 Å². The molecule has 0 aliphatic rings. The van der Waals surface area contributed by atoms with E-state index in [-0.39, 0.29) is 24.6 Å². The van der Waals surface area contributed by atoms with E-state index >= 15 is 0 Å². The Morgan fingerprint density at radius 3 is 2.44 bits per heavy atom. The average molecular weight is 378 g/mol. The second kappa shape index (κ2) is 9.68. The number of benzene rings is 1. The monoisotopic (exact) mass is 377 g/mol. The molecule has 0 fully saturated rings. The zero-order chi connectivity index (χ0) is 17.7. The summed E-state index contributed by atoms with van der Waals surface area (Å²) < 4.78 is 47.2. The Morgan fingerprint density at radius 1 is 1.12 bits per heavy atom. The summed E-state index contributed by atoms with van der Waals surface area (Å²) in [5, 5.41) is 4.42. The van der Waals surface area contributed by atoms with E-state index < -0.39 is 17.5 Å². The van der Waals surface area contributed by atoms with E-state index in [2.05, 4.69) is 18.9 Å². The summed E-state index contributed by atoms with van der Waals surface area (Å²) in [7, 11) is 0. The summed E-state index contributed by atoms with van der Waals surface area (Å²) in [6.07, 6.45) is 1.50. The standard InChI is InChI=1S/C17H22F3N3O.ClH/c1-11(2)4-6-23-17(8-13(22-23)3-5-21)24-10-12-7-15(19)16(20)9-14(12)18;/h7-9,11H,3-6,10,21H2,1-2H3;1H. The third kappa shape index (κ3) is 5.93. The quantitative estimate of drug-likeness (QED) is 0.711. The molecule has 0 spiro atoms. The van der Waals surface area contributed by atoms with Gasteiger partial charge >= 0.3 is 0 Å². The van der Waals surface area contributed by atoms with Crippen LogP contribution < -0.4 is 10.5 Å². The number of ether oxygens (including phenoxy) is 1. The van der Waals surface area contributed by atoms with Crippen molar-refractivity contribution >= 4 is 12.4 Å². The Balaban J connectivity index is 0.00000312. The van der Waals surface area contributed by atoms with E-state index in [1.54, 1.807) is 10.7 Å². The van der Waals surface area contributed by atoms with Crippen LogP contribution >= 0.6 is 12.4 Å². The van der Waals surface area contributed by atoms with Gasteiger partial charge in [0.1, 0.15) is 12.4 Å². The zero-order valence-electron chi connectivity index (χ0n) is 14.3. The molecule has 1 aromatic heterocycles. The van der Waals surface area contributed by atoms with Crippen LogP contribution in [0.1, 0.15) is 31.5 Å². The Bertz CT molecular complexity index is 692. The fourth-order valence-electron chi connectivity index (χ4n) is 2.20. The molecule has 25 heavy (non-hydrogen) atoms. The first-order chi connectivity index (χ1) is 11.4. The second-order valence-electron chi connectivity index (χ2n) is 6.06. The minimum absolute atomic E-state index is 0. The number of nitrogens with two attached hydrogens (primary N) is 1. The Morgan fingerprint density at radius 2 is 1.80 bits per heavy atom. The fraction of sp³-hybridized carbons (Fsp3) is 0.471. The molecule has 4 nitrogen and oxygen atoms in total. The van der Waals surface area contributed by atoms with Gasteiger partial charge in [-0.3, -0.25) is 0 Å². The van der Waals surface area contributed by atoms with Crippen LogP contribution in [0.25, 0.3) is 0 Å². The molecule has 0 bridgehead atoms. The van der Waals surface area contributed by atoms with Crippen molar-refractivity contribution < 1.29 is 17.9 Å². The molecule has 2 N–H and O–H groups in total. The molecule has 8 heteroatoms. The minimum atomic E-state index is -1.22. The molecule has 0 saturated heterocycles. The lowest BCUT2D eigenvalue weighted by Crippen LogP contribution is -2.09. The van der Waals surface area contributed by atoms with E-state index in [1.807, 2.05) is 0 Å². The van der Waals surface area contributed by atoms with Crippen LogP contribution in [0.3, 0.4) is 0 Å². The lowest BCUT2D eigenvalue weighted by atomic mass is 10.1. The van der Waals surface area contributed by atoms with E-state index in [1.165, 1.54) is 0 Å². The number of hydrogen-bond donors (Lipinski definition) is 1. The van der Waals surface area contributed by atoms with Gasteiger partial charge in [0.25, 0.3) is 0 Å². The first-order valence-corrected chi connectivity index (χ1v) is 7.93. The highest BCUT2D eigenvalue weighted by Crippen LogP contribution is 2.20. The van der Waals surface area contributed by atoms with Gasteiger partial charge in [-0.05, 0) is 24.9 Å². The highest BCUT2D eigenvalue weighted by atomic mass is 35.5. The molecule has 0 atom stereocenters. The SMILES string of the molecule is CC(C)CCn1nc(CCN)cc1OCc1cc(F)c(F)cc1F.Cl. The molecule has 0 amide bonds. The number of hydrogen-bond acceptors (Lipinski definition) is 3. The van der Waals surface area contributed by atoms with Gasteiger partial charge in [-0.1, -0.05) is 13.8 Å². The zero-order valence-corrected chi connectivity index (χ0v) is 15.1. The third-order valence-corrected chi connectivity index (χ3v) is 3.58. The van der Waals surface area contributed by atoms with Crippen LogP contribution in [0.4, 0.5) is 13.2 Å². The third-order valence-electron chi connectivity index (χ3n) is 3.58. The smallest absolute Gasteiger partial charge is 0.212 e. The Labute approximate surface area is 151 Å². The van der Waals surface area contributed by atoms with E-state index in [0.717, 1.165) is 18.2 Å².